The average Bonchev–Trinajstić information content (AvgIpc) is 3.09. The van der Waals surface area contributed by atoms with Gasteiger partial charge in [-0.1, -0.05) is 23.2 Å². The van der Waals surface area contributed by atoms with Gasteiger partial charge in [0.05, 0.1) is 15.0 Å². The number of rotatable bonds is 5. The zero-order chi connectivity index (χ0) is 18.7. The summed E-state index contributed by atoms with van der Waals surface area (Å²) in [4.78, 5) is 22.6. The van der Waals surface area contributed by atoms with E-state index in [2.05, 4.69) is 15.7 Å². The topological polar surface area (TPSA) is 102 Å². The number of carbonyl (C=O) groups excluding carboxylic acids is 1. The number of amides is 1. The van der Waals surface area contributed by atoms with Gasteiger partial charge in [0, 0.05) is 24.9 Å². The van der Waals surface area contributed by atoms with E-state index in [0.717, 1.165) is 25.9 Å². The fourth-order valence-corrected chi connectivity index (χ4v) is 3.52. The first-order valence-corrected chi connectivity index (χ1v) is 8.89. The van der Waals surface area contributed by atoms with Gasteiger partial charge in [0.25, 0.3) is 11.6 Å². The van der Waals surface area contributed by atoms with E-state index in [-0.39, 0.29) is 33.0 Å². The van der Waals surface area contributed by atoms with Crippen LogP contribution in [0, 0.1) is 16.0 Å². The summed E-state index contributed by atoms with van der Waals surface area (Å²) in [7, 11) is 0. The third kappa shape index (κ3) is 4.14. The Bertz CT molecular complexity index is 810. The van der Waals surface area contributed by atoms with Crippen LogP contribution in [0.4, 0.5) is 5.69 Å². The van der Waals surface area contributed by atoms with Crippen LogP contribution in [0.5, 0.6) is 0 Å². The number of hydrogen-bond donors (Lipinski definition) is 2. The van der Waals surface area contributed by atoms with Crippen LogP contribution in [-0.2, 0) is 0 Å². The van der Waals surface area contributed by atoms with Crippen molar-refractivity contribution >= 4 is 34.8 Å². The number of benzene rings is 1. The molecule has 26 heavy (non-hydrogen) atoms. The van der Waals surface area contributed by atoms with Gasteiger partial charge in [-0.25, -0.2) is 4.68 Å². The number of hydrogen-bond acceptors (Lipinski definition) is 5. The minimum atomic E-state index is -0.580. The number of nitro benzene ring substituents is 1. The van der Waals surface area contributed by atoms with E-state index in [1.54, 1.807) is 6.07 Å². The first kappa shape index (κ1) is 18.6. The number of halogens is 2. The second kappa shape index (κ2) is 8.03. The molecule has 1 unspecified atom stereocenters. The minimum Gasteiger partial charge on any atom is -0.350 e. The second-order valence-electron chi connectivity index (χ2n) is 6.08. The Morgan fingerprint density at radius 1 is 1.42 bits per heavy atom. The molecule has 1 saturated heterocycles. The quantitative estimate of drug-likeness (QED) is 0.596. The monoisotopic (exact) mass is 397 g/mol. The van der Waals surface area contributed by atoms with Crippen LogP contribution < -0.4 is 10.6 Å². The fourth-order valence-electron chi connectivity index (χ4n) is 2.87. The van der Waals surface area contributed by atoms with Crippen molar-refractivity contribution < 1.29 is 9.72 Å². The van der Waals surface area contributed by atoms with Crippen molar-refractivity contribution in [2.24, 2.45) is 5.92 Å². The number of piperidine rings is 1. The smallest absolute Gasteiger partial charge is 0.272 e. The van der Waals surface area contributed by atoms with Crippen LogP contribution in [0.1, 0.15) is 23.3 Å². The molecule has 0 saturated carbocycles. The molecule has 0 spiro atoms. The van der Waals surface area contributed by atoms with Gasteiger partial charge in [0.2, 0.25) is 0 Å². The number of nitro groups is 1. The van der Waals surface area contributed by atoms with Crippen molar-refractivity contribution in [3.8, 4) is 5.69 Å². The molecule has 2 aromatic rings. The van der Waals surface area contributed by atoms with Crippen molar-refractivity contribution in [2.45, 2.75) is 12.8 Å². The molecule has 0 bridgehead atoms. The summed E-state index contributed by atoms with van der Waals surface area (Å²) < 4.78 is 1.34. The standard InChI is InChI=1S/C16H17Cl2N5O3/c17-12-6-11(23(25)26)7-13(18)15(12)22-5-3-14(21-22)16(24)20-9-10-2-1-4-19-8-10/h3,5-7,10,19H,1-2,4,8-9H2,(H,20,24). The van der Waals surface area contributed by atoms with E-state index < -0.39 is 4.92 Å². The molecular weight excluding hydrogens is 381 g/mol. The SMILES string of the molecule is O=C(NCC1CCCNC1)c1ccn(-c2c(Cl)cc([N+](=O)[O-])cc2Cl)n1. The van der Waals surface area contributed by atoms with Crippen molar-refractivity contribution in [3.63, 3.8) is 0 Å². The van der Waals surface area contributed by atoms with Gasteiger partial charge in [-0.05, 0) is 37.9 Å². The molecule has 2 N–H and O–H groups in total. The Kier molecular flexibility index (Phi) is 5.75. The zero-order valence-corrected chi connectivity index (χ0v) is 15.3. The highest BCUT2D eigenvalue weighted by Gasteiger charge is 2.19. The van der Waals surface area contributed by atoms with Crippen molar-refractivity contribution in [3.05, 3.63) is 50.2 Å². The first-order chi connectivity index (χ1) is 12.5. The van der Waals surface area contributed by atoms with Gasteiger partial charge in [-0.2, -0.15) is 5.10 Å². The number of nitrogens with zero attached hydrogens (tertiary/aromatic N) is 3. The molecule has 1 fully saturated rings. The van der Waals surface area contributed by atoms with E-state index >= 15 is 0 Å². The first-order valence-electron chi connectivity index (χ1n) is 8.14. The number of aromatic nitrogens is 2. The van der Waals surface area contributed by atoms with Crippen LogP contribution >= 0.6 is 23.2 Å². The van der Waals surface area contributed by atoms with Crippen LogP contribution in [0.2, 0.25) is 10.0 Å². The van der Waals surface area contributed by atoms with E-state index in [1.165, 1.54) is 23.0 Å². The molecule has 3 rings (SSSR count). The van der Waals surface area contributed by atoms with Crippen molar-refractivity contribution in [1.82, 2.24) is 20.4 Å². The van der Waals surface area contributed by atoms with Crippen molar-refractivity contribution in [2.75, 3.05) is 19.6 Å². The Labute approximate surface area is 159 Å². The molecule has 2 heterocycles. The molecule has 10 heteroatoms. The predicted octanol–water partition coefficient (Wildman–Crippen LogP) is 2.82. The summed E-state index contributed by atoms with van der Waals surface area (Å²) >= 11 is 12.2. The van der Waals surface area contributed by atoms with Crippen LogP contribution in [0.3, 0.4) is 0 Å². The maximum absolute atomic E-state index is 12.3. The fraction of sp³-hybridized carbons (Fsp3) is 0.375. The normalized spacial score (nSPS) is 17.1. The summed E-state index contributed by atoms with van der Waals surface area (Å²) in [6.07, 6.45) is 3.72. The van der Waals surface area contributed by atoms with Gasteiger partial charge in [0.15, 0.2) is 5.69 Å². The molecule has 0 aliphatic carbocycles. The van der Waals surface area contributed by atoms with Gasteiger partial charge in [0.1, 0.15) is 5.69 Å². The molecule has 1 aliphatic heterocycles. The van der Waals surface area contributed by atoms with Gasteiger partial charge in [-0.3, -0.25) is 14.9 Å². The molecular formula is C16H17Cl2N5O3. The van der Waals surface area contributed by atoms with E-state index in [1.807, 2.05) is 0 Å². The summed E-state index contributed by atoms with van der Waals surface area (Å²) in [5.41, 5.74) is 0.295. The Morgan fingerprint density at radius 3 is 2.77 bits per heavy atom. The molecule has 138 valence electrons. The molecule has 1 atom stereocenters. The summed E-state index contributed by atoms with van der Waals surface area (Å²) in [6.45, 7) is 2.49. The number of nitrogens with one attached hydrogen (secondary N) is 2. The van der Waals surface area contributed by atoms with Crippen LogP contribution in [0.25, 0.3) is 5.69 Å². The summed E-state index contributed by atoms with van der Waals surface area (Å²) in [5, 5.41) is 21.4. The molecule has 1 aromatic carbocycles. The lowest BCUT2D eigenvalue weighted by atomic mass is 10.00. The Balaban J connectivity index is 1.73. The molecule has 1 amide bonds. The Morgan fingerprint density at radius 2 is 2.15 bits per heavy atom. The lowest BCUT2D eigenvalue weighted by molar-refractivity contribution is -0.384. The third-order valence-electron chi connectivity index (χ3n) is 4.21. The summed E-state index contributed by atoms with van der Waals surface area (Å²) in [6, 6.07) is 3.93. The van der Waals surface area contributed by atoms with Crippen LogP contribution in [-0.4, -0.2) is 40.2 Å². The van der Waals surface area contributed by atoms with E-state index in [9.17, 15) is 14.9 Å². The third-order valence-corrected chi connectivity index (χ3v) is 4.79. The highest BCUT2D eigenvalue weighted by atomic mass is 35.5. The summed E-state index contributed by atoms with van der Waals surface area (Å²) in [5.74, 6) is 0.122. The van der Waals surface area contributed by atoms with Crippen LogP contribution in [0.15, 0.2) is 24.4 Å². The lowest BCUT2D eigenvalue weighted by Gasteiger charge is -2.22. The van der Waals surface area contributed by atoms with E-state index in [0.29, 0.717) is 12.5 Å². The molecule has 8 nitrogen and oxygen atoms in total. The average molecular weight is 398 g/mol. The maximum atomic E-state index is 12.3. The van der Waals surface area contributed by atoms with Crippen molar-refractivity contribution in [1.29, 1.82) is 0 Å². The number of carbonyl (C=O) groups is 1. The highest BCUT2D eigenvalue weighted by Crippen LogP contribution is 2.32. The lowest BCUT2D eigenvalue weighted by Crippen LogP contribution is -2.38. The zero-order valence-electron chi connectivity index (χ0n) is 13.7. The largest absolute Gasteiger partial charge is 0.350 e. The Hall–Kier alpha value is -2.16. The van der Waals surface area contributed by atoms with Gasteiger partial charge < -0.3 is 10.6 Å². The minimum absolute atomic E-state index is 0.0764. The molecule has 1 aliphatic rings. The van der Waals surface area contributed by atoms with Gasteiger partial charge in [-0.15, -0.1) is 0 Å². The highest BCUT2D eigenvalue weighted by molar-refractivity contribution is 6.38. The second-order valence-corrected chi connectivity index (χ2v) is 6.90. The number of non-ortho nitro benzene ring substituents is 1. The maximum Gasteiger partial charge on any atom is 0.272 e. The van der Waals surface area contributed by atoms with E-state index in [4.69, 9.17) is 23.2 Å². The van der Waals surface area contributed by atoms with Gasteiger partial charge >= 0.3 is 0 Å². The molecule has 1 aromatic heterocycles. The molecule has 0 radical (unpaired) electrons. The predicted molar refractivity (Wildman–Crippen MR) is 98.2 cm³/mol.